The molecule has 78 valence electrons. The van der Waals surface area contributed by atoms with Gasteiger partial charge in [-0.2, -0.15) is 0 Å². The van der Waals surface area contributed by atoms with Gasteiger partial charge in [0.05, 0.1) is 0 Å². The van der Waals surface area contributed by atoms with E-state index in [4.69, 9.17) is 4.74 Å². The number of hydrogen-bond donors (Lipinski definition) is 1. The van der Waals surface area contributed by atoms with E-state index in [0.717, 1.165) is 26.0 Å². The monoisotopic (exact) mass is 185 g/mol. The van der Waals surface area contributed by atoms with Gasteiger partial charge in [0.1, 0.15) is 0 Å². The van der Waals surface area contributed by atoms with Crippen LogP contribution in [0, 0.1) is 0 Å². The Morgan fingerprint density at radius 1 is 1.46 bits per heavy atom. The first kappa shape index (κ1) is 12.7. The molecule has 0 aromatic heterocycles. The van der Waals surface area contributed by atoms with Crippen molar-refractivity contribution in [3.63, 3.8) is 0 Å². The molecule has 13 heavy (non-hydrogen) atoms. The third-order valence-electron chi connectivity index (χ3n) is 2.07. The number of rotatable bonds is 9. The fraction of sp³-hybridized carbons (Fsp3) is 0.818. The van der Waals surface area contributed by atoms with Gasteiger partial charge in [-0.05, 0) is 32.2 Å². The molecule has 0 bridgehead atoms. The Morgan fingerprint density at radius 3 is 2.77 bits per heavy atom. The minimum Gasteiger partial charge on any atom is -0.385 e. The van der Waals surface area contributed by atoms with E-state index in [1.54, 1.807) is 7.11 Å². The Hall–Kier alpha value is -0.340. The molecule has 0 aliphatic heterocycles. The van der Waals surface area contributed by atoms with Crippen LogP contribution in [0.4, 0.5) is 0 Å². The van der Waals surface area contributed by atoms with E-state index < -0.39 is 0 Å². The molecule has 2 nitrogen and oxygen atoms in total. The molecule has 0 saturated carbocycles. The highest BCUT2D eigenvalue weighted by Gasteiger charge is 2.05. The zero-order valence-electron chi connectivity index (χ0n) is 9.01. The molecule has 0 radical (unpaired) electrons. The fourth-order valence-electron chi connectivity index (χ4n) is 1.28. The van der Waals surface area contributed by atoms with Gasteiger partial charge in [-0.3, -0.25) is 0 Å². The molecule has 0 saturated heterocycles. The molecule has 0 aliphatic carbocycles. The largest absolute Gasteiger partial charge is 0.385 e. The standard InChI is InChI=1S/C11H23NO/c1-4-6-7-11(8-10-13-3)12-9-5-2/h4,11-12H,1,5-10H2,2-3H3. The molecule has 0 rings (SSSR count). The predicted molar refractivity (Wildman–Crippen MR) is 58.0 cm³/mol. The lowest BCUT2D eigenvalue weighted by atomic mass is 10.1. The maximum Gasteiger partial charge on any atom is 0.0477 e. The van der Waals surface area contributed by atoms with Crippen LogP contribution in [0.1, 0.15) is 32.6 Å². The molecule has 0 amide bonds. The molecule has 0 heterocycles. The van der Waals surface area contributed by atoms with Crippen molar-refractivity contribution in [2.75, 3.05) is 20.3 Å². The van der Waals surface area contributed by atoms with Gasteiger partial charge in [-0.25, -0.2) is 0 Å². The summed E-state index contributed by atoms with van der Waals surface area (Å²) in [5.74, 6) is 0. The van der Waals surface area contributed by atoms with Crippen LogP contribution >= 0.6 is 0 Å². The summed E-state index contributed by atoms with van der Waals surface area (Å²) in [6.45, 7) is 7.87. The molecule has 1 N–H and O–H groups in total. The van der Waals surface area contributed by atoms with Crippen molar-refractivity contribution in [3.05, 3.63) is 12.7 Å². The van der Waals surface area contributed by atoms with Crippen molar-refractivity contribution in [3.8, 4) is 0 Å². The molecule has 0 fully saturated rings. The first-order valence-corrected chi connectivity index (χ1v) is 5.18. The highest BCUT2D eigenvalue weighted by Crippen LogP contribution is 2.02. The minimum atomic E-state index is 0.595. The summed E-state index contributed by atoms with van der Waals surface area (Å²) < 4.78 is 5.07. The normalized spacial score (nSPS) is 12.8. The van der Waals surface area contributed by atoms with E-state index in [0.29, 0.717) is 6.04 Å². The highest BCUT2D eigenvalue weighted by molar-refractivity contribution is 4.73. The van der Waals surface area contributed by atoms with Crippen LogP contribution in [0.25, 0.3) is 0 Å². The maximum absolute atomic E-state index is 5.07. The second-order valence-corrected chi connectivity index (χ2v) is 3.30. The zero-order valence-corrected chi connectivity index (χ0v) is 9.01. The summed E-state index contributed by atoms with van der Waals surface area (Å²) in [6, 6.07) is 0.595. The van der Waals surface area contributed by atoms with E-state index in [-0.39, 0.29) is 0 Å². The summed E-state index contributed by atoms with van der Waals surface area (Å²) in [5.41, 5.74) is 0. The molecule has 1 atom stereocenters. The van der Waals surface area contributed by atoms with Crippen LogP contribution in [0.3, 0.4) is 0 Å². The SMILES string of the molecule is C=CCCC(CCOC)NCCC. The van der Waals surface area contributed by atoms with Crippen LogP contribution < -0.4 is 5.32 Å². The molecule has 0 aromatic rings. The molecule has 0 aliphatic rings. The van der Waals surface area contributed by atoms with Gasteiger partial charge in [0, 0.05) is 19.8 Å². The van der Waals surface area contributed by atoms with Gasteiger partial charge in [0.15, 0.2) is 0 Å². The van der Waals surface area contributed by atoms with E-state index >= 15 is 0 Å². The predicted octanol–water partition coefficient (Wildman–Crippen LogP) is 2.36. The lowest BCUT2D eigenvalue weighted by molar-refractivity contribution is 0.181. The molecular weight excluding hydrogens is 162 g/mol. The average Bonchev–Trinajstić information content (AvgIpc) is 2.17. The quantitative estimate of drug-likeness (QED) is 0.557. The smallest absolute Gasteiger partial charge is 0.0477 e. The Bertz CT molecular complexity index is 107. The van der Waals surface area contributed by atoms with Crippen molar-refractivity contribution >= 4 is 0 Å². The first-order valence-electron chi connectivity index (χ1n) is 5.18. The Morgan fingerprint density at radius 2 is 2.23 bits per heavy atom. The maximum atomic E-state index is 5.07. The number of hydrogen-bond acceptors (Lipinski definition) is 2. The van der Waals surface area contributed by atoms with Gasteiger partial charge in [0.25, 0.3) is 0 Å². The van der Waals surface area contributed by atoms with Gasteiger partial charge < -0.3 is 10.1 Å². The Kier molecular flexibility index (Phi) is 9.49. The van der Waals surface area contributed by atoms with Crippen molar-refractivity contribution < 1.29 is 4.74 Å². The summed E-state index contributed by atoms with van der Waals surface area (Å²) in [5, 5.41) is 3.51. The van der Waals surface area contributed by atoms with Crippen molar-refractivity contribution in [1.29, 1.82) is 0 Å². The summed E-state index contributed by atoms with van der Waals surface area (Å²) >= 11 is 0. The van der Waals surface area contributed by atoms with Crippen molar-refractivity contribution in [1.82, 2.24) is 5.32 Å². The van der Waals surface area contributed by atoms with E-state index in [2.05, 4.69) is 18.8 Å². The van der Waals surface area contributed by atoms with E-state index in [1.165, 1.54) is 12.8 Å². The zero-order chi connectivity index (χ0) is 9.94. The van der Waals surface area contributed by atoms with Gasteiger partial charge in [-0.15, -0.1) is 6.58 Å². The fourth-order valence-corrected chi connectivity index (χ4v) is 1.28. The third kappa shape index (κ3) is 8.00. The number of nitrogens with one attached hydrogen (secondary N) is 1. The van der Waals surface area contributed by atoms with Crippen LogP contribution in [-0.2, 0) is 4.74 Å². The van der Waals surface area contributed by atoms with Crippen molar-refractivity contribution in [2.24, 2.45) is 0 Å². The summed E-state index contributed by atoms with van der Waals surface area (Å²) in [7, 11) is 1.75. The summed E-state index contributed by atoms with van der Waals surface area (Å²) in [6.07, 6.45) is 6.54. The number of methoxy groups -OCH3 is 1. The second kappa shape index (κ2) is 9.75. The van der Waals surface area contributed by atoms with Crippen LogP contribution in [0.15, 0.2) is 12.7 Å². The lowest BCUT2D eigenvalue weighted by Gasteiger charge is -2.16. The summed E-state index contributed by atoms with van der Waals surface area (Å²) in [4.78, 5) is 0. The van der Waals surface area contributed by atoms with Crippen LogP contribution in [0.5, 0.6) is 0 Å². The second-order valence-electron chi connectivity index (χ2n) is 3.30. The highest BCUT2D eigenvalue weighted by atomic mass is 16.5. The van der Waals surface area contributed by atoms with Gasteiger partial charge in [-0.1, -0.05) is 13.0 Å². The molecule has 2 heteroatoms. The van der Waals surface area contributed by atoms with Gasteiger partial charge >= 0.3 is 0 Å². The number of allylic oxidation sites excluding steroid dienone is 1. The average molecular weight is 185 g/mol. The number of ether oxygens (including phenoxy) is 1. The van der Waals surface area contributed by atoms with Crippen LogP contribution in [-0.4, -0.2) is 26.3 Å². The molecule has 0 spiro atoms. The Labute approximate surface area is 82.4 Å². The molecule has 0 aromatic carbocycles. The van der Waals surface area contributed by atoms with Gasteiger partial charge in [0.2, 0.25) is 0 Å². The first-order chi connectivity index (χ1) is 6.35. The topological polar surface area (TPSA) is 21.3 Å². The molecular formula is C11H23NO. The molecule has 1 unspecified atom stereocenters. The van der Waals surface area contributed by atoms with E-state index in [9.17, 15) is 0 Å². The third-order valence-corrected chi connectivity index (χ3v) is 2.07. The van der Waals surface area contributed by atoms with E-state index in [1.807, 2.05) is 6.08 Å². The van der Waals surface area contributed by atoms with Crippen molar-refractivity contribution in [2.45, 2.75) is 38.6 Å². The van der Waals surface area contributed by atoms with Crippen LogP contribution in [0.2, 0.25) is 0 Å². The Balaban J connectivity index is 3.52. The lowest BCUT2D eigenvalue weighted by Crippen LogP contribution is -2.30. The minimum absolute atomic E-state index is 0.595.